The summed E-state index contributed by atoms with van der Waals surface area (Å²) in [4.78, 5) is 32.5. The molecule has 2 heterocycles. The molecule has 0 aliphatic heterocycles. The predicted octanol–water partition coefficient (Wildman–Crippen LogP) is 2.34. The van der Waals surface area contributed by atoms with Crippen LogP contribution in [0.4, 0.5) is 10.3 Å². The molecule has 7 nitrogen and oxygen atoms in total. The van der Waals surface area contributed by atoms with Crippen molar-refractivity contribution in [2.75, 3.05) is 5.32 Å². The maximum atomic E-state index is 13.0. The number of fused-ring (bicyclic) bond motifs is 1. The van der Waals surface area contributed by atoms with Crippen molar-refractivity contribution >= 4 is 29.2 Å². The number of nitrogens with one attached hydrogen (secondary N) is 2. The standard InChI is InChI=1S/C16H15ClFN5O2/c1-2-3-11-8-14(25)23-16(19-11)21-15(22-23)20-13(24)6-9-4-5-10(18)7-12(9)17/h4-5,7-8H,2-3,6H2,1H3,(H2,19,20,21,22,24). The molecule has 0 saturated carbocycles. The van der Waals surface area contributed by atoms with E-state index in [9.17, 15) is 14.0 Å². The van der Waals surface area contributed by atoms with Crippen LogP contribution in [-0.4, -0.2) is 25.5 Å². The van der Waals surface area contributed by atoms with Gasteiger partial charge in [0.15, 0.2) is 0 Å². The molecule has 0 radical (unpaired) electrons. The topological polar surface area (TPSA) is 92.2 Å². The zero-order chi connectivity index (χ0) is 18.0. The Morgan fingerprint density at radius 1 is 1.36 bits per heavy atom. The summed E-state index contributed by atoms with van der Waals surface area (Å²) in [6, 6.07) is 5.25. The fraction of sp³-hybridized carbons (Fsp3) is 0.250. The molecule has 1 aromatic carbocycles. The lowest BCUT2D eigenvalue weighted by atomic mass is 10.1. The maximum Gasteiger partial charge on any atom is 0.274 e. The number of anilines is 1. The Labute approximate surface area is 146 Å². The summed E-state index contributed by atoms with van der Waals surface area (Å²) in [6.07, 6.45) is 1.47. The van der Waals surface area contributed by atoms with Crippen LogP contribution in [0.25, 0.3) is 5.78 Å². The zero-order valence-electron chi connectivity index (χ0n) is 13.3. The summed E-state index contributed by atoms with van der Waals surface area (Å²) in [6.45, 7) is 1.99. The first-order chi connectivity index (χ1) is 12.0. The first-order valence-corrected chi connectivity index (χ1v) is 8.06. The van der Waals surface area contributed by atoms with E-state index in [1.165, 1.54) is 18.2 Å². The van der Waals surface area contributed by atoms with E-state index >= 15 is 0 Å². The van der Waals surface area contributed by atoms with E-state index < -0.39 is 11.7 Å². The molecule has 3 aromatic rings. The van der Waals surface area contributed by atoms with Gasteiger partial charge in [0.1, 0.15) is 5.82 Å². The van der Waals surface area contributed by atoms with Crippen molar-refractivity contribution in [2.24, 2.45) is 0 Å². The molecular weight excluding hydrogens is 349 g/mol. The van der Waals surface area contributed by atoms with Gasteiger partial charge in [-0.05, 0) is 24.1 Å². The number of halogens is 2. The van der Waals surface area contributed by atoms with E-state index in [1.54, 1.807) is 0 Å². The van der Waals surface area contributed by atoms with Gasteiger partial charge in [-0.15, -0.1) is 0 Å². The van der Waals surface area contributed by atoms with Gasteiger partial charge in [-0.3, -0.25) is 20.0 Å². The molecule has 1 amide bonds. The van der Waals surface area contributed by atoms with Gasteiger partial charge >= 0.3 is 0 Å². The zero-order valence-corrected chi connectivity index (χ0v) is 14.1. The quantitative estimate of drug-likeness (QED) is 0.727. The Morgan fingerprint density at radius 3 is 2.88 bits per heavy atom. The van der Waals surface area contributed by atoms with Crippen molar-refractivity contribution < 1.29 is 9.18 Å². The molecule has 0 aliphatic rings. The van der Waals surface area contributed by atoms with E-state index in [4.69, 9.17) is 11.6 Å². The van der Waals surface area contributed by atoms with Gasteiger partial charge in [-0.25, -0.2) is 9.37 Å². The Balaban J connectivity index is 1.79. The number of rotatable bonds is 5. The highest BCUT2D eigenvalue weighted by molar-refractivity contribution is 6.31. The summed E-state index contributed by atoms with van der Waals surface area (Å²) in [5, 5.41) is 5.39. The Morgan fingerprint density at radius 2 is 2.16 bits per heavy atom. The van der Waals surface area contributed by atoms with Gasteiger partial charge in [-0.2, -0.15) is 9.50 Å². The Hall–Kier alpha value is -2.74. The molecule has 0 spiro atoms. The van der Waals surface area contributed by atoms with Crippen molar-refractivity contribution in [3.05, 3.63) is 56.7 Å². The second-order valence-corrected chi connectivity index (χ2v) is 5.91. The van der Waals surface area contributed by atoms with Crippen LogP contribution in [0, 0.1) is 5.82 Å². The largest absolute Gasteiger partial charge is 0.295 e. The van der Waals surface area contributed by atoms with Crippen LogP contribution >= 0.6 is 11.6 Å². The lowest BCUT2D eigenvalue weighted by molar-refractivity contribution is -0.115. The summed E-state index contributed by atoms with van der Waals surface area (Å²) < 4.78 is 14.2. The van der Waals surface area contributed by atoms with Crippen LogP contribution in [0.2, 0.25) is 5.02 Å². The van der Waals surface area contributed by atoms with Crippen molar-refractivity contribution in [1.82, 2.24) is 19.6 Å². The van der Waals surface area contributed by atoms with Gasteiger partial charge in [0, 0.05) is 11.1 Å². The van der Waals surface area contributed by atoms with E-state index in [1.807, 2.05) is 6.92 Å². The molecule has 0 saturated heterocycles. The first kappa shape index (κ1) is 17.1. The minimum atomic E-state index is -0.472. The number of carbonyl (C=O) groups excluding carboxylic acids is 1. The summed E-state index contributed by atoms with van der Waals surface area (Å²) in [5.74, 6) is -0.596. The highest BCUT2D eigenvalue weighted by atomic mass is 35.5. The minimum Gasteiger partial charge on any atom is -0.295 e. The Kier molecular flexibility index (Phi) is 4.80. The number of nitrogens with zero attached hydrogens (tertiary/aromatic N) is 3. The molecular formula is C16H15ClFN5O2. The van der Waals surface area contributed by atoms with Gasteiger partial charge in [0.2, 0.25) is 11.9 Å². The molecule has 0 atom stereocenters. The van der Waals surface area contributed by atoms with Crippen LogP contribution in [0.15, 0.2) is 29.1 Å². The van der Waals surface area contributed by atoms with E-state index in [-0.39, 0.29) is 28.7 Å². The van der Waals surface area contributed by atoms with Crippen molar-refractivity contribution in [2.45, 2.75) is 26.2 Å². The summed E-state index contributed by atoms with van der Waals surface area (Å²) >= 11 is 5.91. The van der Waals surface area contributed by atoms with Crippen LogP contribution < -0.4 is 10.9 Å². The third-order valence-electron chi connectivity index (χ3n) is 3.51. The predicted molar refractivity (Wildman–Crippen MR) is 91.3 cm³/mol. The number of hydrogen-bond acceptors (Lipinski definition) is 4. The molecule has 0 fully saturated rings. The molecule has 130 valence electrons. The number of benzene rings is 1. The minimum absolute atomic E-state index is 0.0560. The van der Waals surface area contributed by atoms with Gasteiger partial charge in [0.25, 0.3) is 11.3 Å². The number of amides is 1. The van der Waals surface area contributed by atoms with Gasteiger partial charge in [-0.1, -0.05) is 31.0 Å². The van der Waals surface area contributed by atoms with Crippen LogP contribution in [0.5, 0.6) is 0 Å². The average molecular weight is 364 g/mol. The molecule has 2 aromatic heterocycles. The molecule has 2 N–H and O–H groups in total. The van der Waals surface area contributed by atoms with E-state index in [0.29, 0.717) is 17.7 Å². The first-order valence-electron chi connectivity index (χ1n) is 7.68. The van der Waals surface area contributed by atoms with Crippen molar-refractivity contribution in [3.8, 4) is 0 Å². The molecule has 0 unspecified atom stereocenters. The second-order valence-electron chi connectivity index (χ2n) is 5.50. The lowest BCUT2D eigenvalue weighted by Crippen LogP contribution is -2.17. The number of carbonyl (C=O) groups is 1. The molecule has 9 heteroatoms. The van der Waals surface area contributed by atoms with Crippen LogP contribution in [-0.2, 0) is 17.6 Å². The van der Waals surface area contributed by atoms with Crippen LogP contribution in [0.1, 0.15) is 24.6 Å². The highest BCUT2D eigenvalue weighted by Crippen LogP contribution is 2.18. The number of aryl methyl sites for hydroxylation is 1. The number of aromatic amines is 1. The third kappa shape index (κ3) is 3.85. The molecule has 3 rings (SSSR count). The monoisotopic (exact) mass is 363 g/mol. The van der Waals surface area contributed by atoms with E-state index in [0.717, 1.165) is 17.0 Å². The highest BCUT2D eigenvalue weighted by Gasteiger charge is 2.12. The van der Waals surface area contributed by atoms with Gasteiger partial charge < -0.3 is 0 Å². The maximum absolute atomic E-state index is 13.0. The van der Waals surface area contributed by atoms with Crippen molar-refractivity contribution in [1.29, 1.82) is 0 Å². The molecule has 0 aliphatic carbocycles. The second kappa shape index (κ2) is 7.02. The number of aromatic nitrogens is 4. The summed E-state index contributed by atoms with van der Waals surface area (Å²) in [7, 11) is 0. The normalized spacial score (nSPS) is 11.0. The van der Waals surface area contributed by atoms with Crippen LogP contribution in [0.3, 0.4) is 0 Å². The van der Waals surface area contributed by atoms with Crippen molar-refractivity contribution in [3.63, 3.8) is 0 Å². The smallest absolute Gasteiger partial charge is 0.274 e. The third-order valence-corrected chi connectivity index (χ3v) is 3.87. The Bertz CT molecular complexity index is 998. The number of H-pyrrole nitrogens is 1. The fourth-order valence-corrected chi connectivity index (χ4v) is 2.62. The SMILES string of the molecule is CCCc1cc(=O)n2[nH]c(NC(=O)Cc3ccc(F)cc3Cl)nc2n1. The molecule has 25 heavy (non-hydrogen) atoms. The van der Waals surface area contributed by atoms with E-state index in [2.05, 4.69) is 20.4 Å². The molecule has 0 bridgehead atoms. The lowest BCUT2D eigenvalue weighted by Gasteiger charge is -2.04. The fourth-order valence-electron chi connectivity index (χ4n) is 2.38. The summed E-state index contributed by atoms with van der Waals surface area (Å²) in [5.41, 5.74) is 0.829. The number of hydrogen-bond donors (Lipinski definition) is 2. The average Bonchev–Trinajstić information content (AvgIpc) is 2.93. The van der Waals surface area contributed by atoms with Gasteiger partial charge in [0.05, 0.1) is 12.1 Å².